The molecule has 1 N–H and O–H groups in total. The molecule has 1 aromatic carbocycles. The second kappa shape index (κ2) is 7.48. The maximum absolute atomic E-state index is 13.4. The second-order valence-electron chi connectivity index (χ2n) is 7.63. The Balaban J connectivity index is 1.52. The largest absolute Gasteiger partial charge is 0.442 e. The van der Waals surface area contributed by atoms with Crippen LogP contribution in [0.15, 0.2) is 35.0 Å². The highest BCUT2D eigenvalue weighted by atomic mass is 16.5. The Kier molecular flexibility index (Phi) is 4.67. The van der Waals surface area contributed by atoms with Gasteiger partial charge in [-0.25, -0.2) is 9.97 Å². The van der Waals surface area contributed by atoms with Crippen molar-refractivity contribution in [3.63, 3.8) is 0 Å². The standard InChI is InChI=1S/C22H24N4O3/c1-14-18(21(27)25-17-8-4-6-15-5-2-3-7-16(15)17)19-20(23-13-24-22(19)29-14)26-9-11-28-12-10-26/h2-3,5,7,13,17H,4,6,8-12H2,1H3,(H,25,27). The van der Waals surface area contributed by atoms with Crippen LogP contribution in [-0.2, 0) is 11.2 Å². The van der Waals surface area contributed by atoms with Gasteiger partial charge in [0.05, 0.1) is 30.2 Å². The van der Waals surface area contributed by atoms with Gasteiger partial charge in [0, 0.05) is 13.1 Å². The number of rotatable bonds is 3. The normalized spacial score (nSPS) is 19.2. The van der Waals surface area contributed by atoms with Crippen molar-refractivity contribution in [2.24, 2.45) is 0 Å². The summed E-state index contributed by atoms with van der Waals surface area (Å²) in [5.41, 5.74) is 3.51. The molecule has 2 aliphatic rings. The first-order valence-electron chi connectivity index (χ1n) is 10.2. The average molecular weight is 392 g/mol. The Hall–Kier alpha value is -2.93. The number of carbonyl (C=O) groups excluding carboxylic acids is 1. The van der Waals surface area contributed by atoms with Crippen molar-refractivity contribution >= 4 is 22.8 Å². The first-order chi connectivity index (χ1) is 14.2. The fourth-order valence-electron chi connectivity index (χ4n) is 4.45. The van der Waals surface area contributed by atoms with Crippen molar-refractivity contribution in [2.75, 3.05) is 31.2 Å². The number of furan rings is 1. The summed E-state index contributed by atoms with van der Waals surface area (Å²) in [5.74, 6) is 1.17. The summed E-state index contributed by atoms with van der Waals surface area (Å²) >= 11 is 0. The summed E-state index contributed by atoms with van der Waals surface area (Å²) in [6.07, 6.45) is 4.56. The molecule has 1 saturated heterocycles. The zero-order chi connectivity index (χ0) is 19.8. The van der Waals surface area contributed by atoms with E-state index in [0.29, 0.717) is 35.6 Å². The van der Waals surface area contributed by atoms with Crippen LogP contribution in [0, 0.1) is 6.92 Å². The molecule has 1 amide bonds. The van der Waals surface area contributed by atoms with Crippen molar-refractivity contribution in [1.82, 2.24) is 15.3 Å². The number of hydrogen-bond acceptors (Lipinski definition) is 6. The average Bonchev–Trinajstić information content (AvgIpc) is 3.10. The van der Waals surface area contributed by atoms with Gasteiger partial charge < -0.3 is 19.4 Å². The fraction of sp³-hybridized carbons (Fsp3) is 0.409. The van der Waals surface area contributed by atoms with Gasteiger partial charge in [0.1, 0.15) is 17.9 Å². The number of carbonyl (C=O) groups is 1. The molecule has 1 fully saturated rings. The van der Waals surface area contributed by atoms with Crippen LogP contribution < -0.4 is 10.2 Å². The van der Waals surface area contributed by atoms with Crippen molar-refractivity contribution in [1.29, 1.82) is 0 Å². The van der Waals surface area contributed by atoms with E-state index in [1.807, 2.05) is 13.0 Å². The summed E-state index contributed by atoms with van der Waals surface area (Å²) in [4.78, 5) is 24.3. The Morgan fingerprint density at radius 3 is 2.90 bits per heavy atom. The molecule has 5 rings (SSSR count). The predicted octanol–water partition coefficient (Wildman–Crippen LogP) is 3.18. The molecule has 1 aliphatic heterocycles. The van der Waals surface area contributed by atoms with Crippen LogP contribution in [0.3, 0.4) is 0 Å². The van der Waals surface area contributed by atoms with Crippen LogP contribution in [0.25, 0.3) is 11.1 Å². The molecule has 150 valence electrons. The predicted molar refractivity (Wildman–Crippen MR) is 109 cm³/mol. The second-order valence-corrected chi connectivity index (χ2v) is 7.63. The number of fused-ring (bicyclic) bond motifs is 2. The number of nitrogens with one attached hydrogen (secondary N) is 1. The van der Waals surface area contributed by atoms with Crippen molar-refractivity contribution in [3.05, 3.63) is 53.0 Å². The molecule has 0 saturated carbocycles. The van der Waals surface area contributed by atoms with Gasteiger partial charge in [-0.1, -0.05) is 24.3 Å². The highest BCUT2D eigenvalue weighted by Crippen LogP contribution is 2.34. The molecule has 3 heterocycles. The third-order valence-electron chi connectivity index (χ3n) is 5.86. The maximum atomic E-state index is 13.4. The summed E-state index contributed by atoms with van der Waals surface area (Å²) in [6.45, 7) is 4.56. The van der Waals surface area contributed by atoms with Crippen LogP contribution >= 0.6 is 0 Å². The van der Waals surface area contributed by atoms with Gasteiger partial charge in [0.15, 0.2) is 0 Å². The highest BCUT2D eigenvalue weighted by Gasteiger charge is 2.28. The van der Waals surface area contributed by atoms with Gasteiger partial charge >= 0.3 is 0 Å². The van der Waals surface area contributed by atoms with Gasteiger partial charge in [-0.05, 0) is 37.3 Å². The Labute approximate surface area is 169 Å². The lowest BCUT2D eigenvalue weighted by atomic mass is 9.87. The molecule has 7 nitrogen and oxygen atoms in total. The molecule has 3 aromatic rings. The number of amides is 1. The van der Waals surface area contributed by atoms with E-state index in [1.54, 1.807) is 0 Å². The Morgan fingerprint density at radius 1 is 1.21 bits per heavy atom. The van der Waals surface area contributed by atoms with E-state index in [1.165, 1.54) is 17.5 Å². The number of hydrogen-bond donors (Lipinski definition) is 1. The minimum atomic E-state index is -0.132. The molecular weight excluding hydrogens is 368 g/mol. The summed E-state index contributed by atoms with van der Waals surface area (Å²) in [6, 6.07) is 8.36. The third-order valence-corrected chi connectivity index (χ3v) is 5.86. The van der Waals surface area contributed by atoms with Crippen LogP contribution in [0.4, 0.5) is 5.82 Å². The van der Waals surface area contributed by atoms with Gasteiger partial charge in [0.2, 0.25) is 5.71 Å². The molecule has 1 atom stereocenters. The lowest BCUT2D eigenvalue weighted by Gasteiger charge is -2.28. The SMILES string of the molecule is Cc1oc2ncnc(N3CCOCC3)c2c1C(=O)NC1CCCc2ccccc21. The topological polar surface area (TPSA) is 80.5 Å². The van der Waals surface area contributed by atoms with Crippen LogP contribution in [-0.4, -0.2) is 42.2 Å². The Bertz CT molecular complexity index is 1060. The van der Waals surface area contributed by atoms with E-state index >= 15 is 0 Å². The quantitative estimate of drug-likeness (QED) is 0.737. The van der Waals surface area contributed by atoms with E-state index in [9.17, 15) is 4.79 Å². The summed E-state index contributed by atoms with van der Waals surface area (Å²) in [5, 5.41) is 3.93. The van der Waals surface area contributed by atoms with Crippen LogP contribution in [0.5, 0.6) is 0 Å². The molecule has 0 radical (unpaired) electrons. The summed E-state index contributed by atoms with van der Waals surface area (Å²) in [7, 11) is 0. The van der Waals surface area contributed by atoms with Crippen LogP contribution in [0.1, 0.15) is 46.1 Å². The number of aromatic nitrogens is 2. The molecule has 0 bridgehead atoms. The molecule has 1 aliphatic carbocycles. The molecule has 0 spiro atoms. The zero-order valence-corrected chi connectivity index (χ0v) is 16.5. The number of morpholine rings is 1. The van der Waals surface area contributed by atoms with Crippen LogP contribution in [0.2, 0.25) is 0 Å². The van der Waals surface area contributed by atoms with Crippen molar-refractivity contribution in [2.45, 2.75) is 32.2 Å². The van der Waals surface area contributed by atoms with Crippen molar-refractivity contribution < 1.29 is 13.9 Å². The number of anilines is 1. The van der Waals surface area contributed by atoms with Gasteiger partial charge in [-0.2, -0.15) is 0 Å². The first kappa shape index (κ1) is 18.1. The first-order valence-corrected chi connectivity index (χ1v) is 10.2. The van der Waals surface area contributed by atoms with Crippen molar-refractivity contribution in [3.8, 4) is 0 Å². The van der Waals surface area contributed by atoms with E-state index in [2.05, 4.69) is 38.4 Å². The zero-order valence-electron chi connectivity index (χ0n) is 16.5. The molecule has 2 aromatic heterocycles. The lowest BCUT2D eigenvalue weighted by molar-refractivity contribution is 0.0932. The van der Waals surface area contributed by atoms with E-state index in [0.717, 1.165) is 38.2 Å². The third kappa shape index (κ3) is 3.25. The van der Waals surface area contributed by atoms with E-state index in [4.69, 9.17) is 9.15 Å². The number of benzene rings is 1. The molecule has 29 heavy (non-hydrogen) atoms. The van der Waals surface area contributed by atoms with Gasteiger partial charge in [-0.3, -0.25) is 4.79 Å². The maximum Gasteiger partial charge on any atom is 0.256 e. The molecular formula is C22H24N4O3. The molecule has 7 heteroatoms. The summed E-state index contributed by atoms with van der Waals surface area (Å²) < 4.78 is 11.3. The van der Waals surface area contributed by atoms with Gasteiger partial charge in [0.25, 0.3) is 5.91 Å². The number of nitrogens with zero attached hydrogens (tertiary/aromatic N) is 3. The lowest BCUT2D eigenvalue weighted by Crippen LogP contribution is -2.37. The highest BCUT2D eigenvalue weighted by molar-refractivity contribution is 6.10. The minimum Gasteiger partial charge on any atom is -0.442 e. The minimum absolute atomic E-state index is 0.00765. The molecule has 1 unspecified atom stereocenters. The van der Waals surface area contributed by atoms with Gasteiger partial charge in [-0.15, -0.1) is 0 Å². The number of ether oxygens (including phenoxy) is 1. The smallest absolute Gasteiger partial charge is 0.256 e. The van der Waals surface area contributed by atoms with E-state index in [-0.39, 0.29) is 11.9 Å². The Morgan fingerprint density at radius 2 is 2.03 bits per heavy atom. The number of aryl methyl sites for hydroxylation is 2. The van der Waals surface area contributed by atoms with E-state index < -0.39 is 0 Å². The fourth-order valence-corrected chi connectivity index (χ4v) is 4.45. The monoisotopic (exact) mass is 392 g/mol.